The van der Waals surface area contributed by atoms with Crippen LogP contribution in [0.5, 0.6) is 11.5 Å². The van der Waals surface area contributed by atoms with Crippen LogP contribution in [-0.4, -0.2) is 78.1 Å². The third-order valence-corrected chi connectivity index (χ3v) is 4.00. The fraction of sp³-hybridized carbons (Fsp3) is 0.650. The molecule has 0 unspecified atom stereocenters. The SMILES string of the molecule is CCOc1ccc(CCNC(=NC)NCCN(C)CCOC)cc1OCC.I. The molecule has 1 rings (SSSR count). The highest BCUT2D eigenvalue weighted by Gasteiger charge is 2.06. The average molecular weight is 508 g/mol. The highest BCUT2D eigenvalue weighted by atomic mass is 127. The lowest BCUT2D eigenvalue weighted by atomic mass is 10.1. The van der Waals surface area contributed by atoms with Crippen molar-refractivity contribution in [3.63, 3.8) is 0 Å². The van der Waals surface area contributed by atoms with Gasteiger partial charge in [0.25, 0.3) is 0 Å². The number of halogens is 1. The molecule has 2 N–H and O–H groups in total. The fourth-order valence-electron chi connectivity index (χ4n) is 2.52. The average Bonchev–Trinajstić information content (AvgIpc) is 2.67. The quantitative estimate of drug-likeness (QED) is 0.243. The second-order valence-electron chi connectivity index (χ2n) is 6.12. The zero-order valence-electron chi connectivity index (χ0n) is 17.9. The van der Waals surface area contributed by atoms with Crippen molar-refractivity contribution in [2.45, 2.75) is 20.3 Å². The third-order valence-electron chi connectivity index (χ3n) is 4.00. The number of nitrogens with zero attached hydrogens (tertiary/aromatic N) is 2. The van der Waals surface area contributed by atoms with Gasteiger partial charge in [0.15, 0.2) is 17.5 Å². The van der Waals surface area contributed by atoms with E-state index in [0.717, 1.165) is 56.7 Å². The molecule has 0 saturated heterocycles. The van der Waals surface area contributed by atoms with Gasteiger partial charge in [0.05, 0.1) is 19.8 Å². The maximum absolute atomic E-state index is 5.69. The van der Waals surface area contributed by atoms with Gasteiger partial charge in [0.2, 0.25) is 0 Å². The molecule has 0 radical (unpaired) electrons. The second-order valence-corrected chi connectivity index (χ2v) is 6.12. The molecule has 1 aromatic carbocycles. The van der Waals surface area contributed by atoms with Crippen LogP contribution in [-0.2, 0) is 11.2 Å². The standard InChI is InChI=1S/C20H36N4O3.HI/c1-6-26-18-9-8-17(16-19(18)27-7-2)10-11-22-20(21-3)23-12-13-24(4)14-15-25-5;/h8-9,16H,6-7,10-15H2,1-5H3,(H2,21,22,23);1H. The summed E-state index contributed by atoms with van der Waals surface area (Å²) in [5, 5.41) is 6.68. The van der Waals surface area contributed by atoms with E-state index in [1.807, 2.05) is 19.9 Å². The first-order valence-electron chi connectivity index (χ1n) is 9.65. The number of guanidine groups is 1. The minimum absolute atomic E-state index is 0. The van der Waals surface area contributed by atoms with Crippen LogP contribution in [0.25, 0.3) is 0 Å². The van der Waals surface area contributed by atoms with Crippen molar-refractivity contribution in [1.82, 2.24) is 15.5 Å². The largest absolute Gasteiger partial charge is 0.490 e. The van der Waals surface area contributed by atoms with Crippen LogP contribution in [0, 0.1) is 0 Å². The lowest BCUT2D eigenvalue weighted by molar-refractivity contribution is 0.162. The van der Waals surface area contributed by atoms with E-state index < -0.39 is 0 Å². The number of nitrogens with one attached hydrogen (secondary N) is 2. The van der Waals surface area contributed by atoms with Crippen molar-refractivity contribution in [2.75, 3.05) is 67.2 Å². The van der Waals surface area contributed by atoms with Crippen LogP contribution in [0.15, 0.2) is 23.2 Å². The predicted octanol–water partition coefficient (Wildman–Crippen LogP) is 2.39. The van der Waals surface area contributed by atoms with Crippen LogP contribution in [0.4, 0.5) is 0 Å². The number of hydrogen-bond acceptors (Lipinski definition) is 5. The van der Waals surface area contributed by atoms with Gasteiger partial charge in [-0.05, 0) is 45.0 Å². The summed E-state index contributed by atoms with van der Waals surface area (Å²) in [6, 6.07) is 6.11. The normalized spacial score (nSPS) is 11.1. The number of likely N-dealkylation sites (N-methyl/N-ethyl adjacent to an activating group) is 1. The topological polar surface area (TPSA) is 67.4 Å². The Labute approximate surface area is 187 Å². The van der Waals surface area contributed by atoms with Gasteiger partial charge in [-0.3, -0.25) is 4.99 Å². The van der Waals surface area contributed by atoms with Gasteiger partial charge in [0, 0.05) is 40.3 Å². The maximum Gasteiger partial charge on any atom is 0.191 e. The lowest BCUT2D eigenvalue weighted by Gasteiger charge is -2.18. The molecule has 7 nitrogen and oxygen atoms in total. The van der Waals surface area contributed by atoms with Crippen molar-refractivity contribution < 1.29 is 14.2 Å². The summed E-state index contributed by atoms with van der Waals surface area (Å²) < 4.78 is 16.4. The van der Waals surface area contributed by atoms with Crippen molar-refractivity contribution >= 4 is 29.9 Å². The van der Waals surface area contributed by atoms with E-state index in [1.54, 1.807) is 14.2 Å². The summed E-state index contributed by atoms with van der Waals surface area (Å²) in [4.78, 5) is 6.49. The fourth-order valence-corrected chi connectivity index (χ4v) is 2.52. The van der Waals surface area contributed by atoms with Crippen LogP contribution >= 0.6 is 24.0 Å². The predicted molar refractivity (Wildman–Crippen MR) is 127 cm³/mol. The van der Waals surface area contributed by atoms with Crippen molar-refractivity contribution in [3.8, 4) is 11.5 Å². The molecule has 1 aromatic rings. The van der Waals surface area contributed by atoms with Crippen LogP contribution in [0.1, 0.15) is 19.4 Å². The monoisotopic (exact) mass is 508 g/mol. The van der Waals surface area contributed by atoms with E-state index >= 15 is 0 Å². The van der Waals surface area contributed by atoms with E-state index in [9.17, 15) is 0 Å². The van der Waals surface area contributed by atoms with Crippen LogP contribution < -0.4 is 20.1 Å². The van der Waals surface area contributed by atoms with Gasteiger partial charge in [0.1, 0.15) is 0 Å². The Morgan fingerprint density at radius 1 is 1.04 bits per heavy atom. The van der Waals surface area contributed by atoms with Crippen LogP contribution in [0.2, 0.25) is 0 Å². The summed E-state index contributed by atoms with van der Waals surface area (Å²) in [5.41, 5.74) is 1.20. The number of rotatable bonds is 13. The summed E-state index contributed by atoms with van der Waals surface area (Å²) in [6.45, 7) is 9.42. The van der Waals surface area contributed by atoms with Gasteiger partial charge >= 0.3 is 0 Å². The maximum atomic E-state index is 5.69. The van der Waals surface area contributed by atoms with E-state index in [0.29, 0.717) is 13.2 Å². The van der Waals surface area contributed by atoms with Crippen molar-refractivity contribution in [3.05, 3.63) is 23.8 Å². The zero-order valence-corrected chi connectivity index (χ0v) is 20.2. The summed E-state index contributed by atoms with van der Waals surface area (Å²) in [7, 11) is 5.59. The Hall–Kier alpha value is -1.26. The van der Waals surface area contributed by atoms with E-state index in [-0.39, 0.29) is 24.0 Å². The molecule has 0 fully saturated rings. The van der Waals surface area contributed by atoms with Crippen molar-refractivity contribution in [2.24, 2.45) is 4.99 Å². The smallest absolute Gasteiger partial charge is 0.191 e. The van der Waals surface area contributed by atoms with Gasteiger partial charge in [-0.2, -0.15) is 0 Å². The minimum Gasteiger partial charge on any atom is -0.490 e. The third kappa shape index (κ3) is 10.9. The Kier molecular flexibility index (Phi) is 15.9. The number of aliphatic imine (C=N–C) groups is 1. The molecule has 8 heteroatoms. The Morgan fingerprint density at radius 3 is 2.36 bits per heavy atom. The molecular formula is C20H37IN4O3. The highest BCUT2D eigenvalue weighted by molar-refractivity contribution is 14.0. The first-order chi connectivity index (χ1) is 13.1. The summed E-state index contributed by atoms with van der Waals surface area (Å²) >= 11 is 0. The summed E-state index contributed by atoms with van der Waals surface area (Å²) in [5.74, 6) is 2.41. The van der Waals surface area contributed by atoms with Gasteiger partial charge < -0.3 is 29.7 Å². The molecule has 0 aliphatic rings. The number of benzene rings is 1. The number of hydrogen-bond donors (Lipinski definition) is 2. The molecule has 0 aliphatic carbocycles. The van der Waals surface area contributed by atoms with Crippen molar-refractivity contribution in [1.29, 1.82) is 0 Å². The molecule has 162 valence electrons. The number of methoxy groups -OCH3 is 1. The molecule has 28 heavy (non-hydrogen) atoms. The Morgan fingerprint density at radius 2 is 1.71 bits per heavy atom. The van der Waals surface area contributed by atoms with E-state index in [1.165, 1.54) is 5.56 Å². The highest BCUT2D eigenvalue weighted by Crippen LogP contribution is 2.28. The first-order valence-corrected chi connectivity index (χ1v) is 9.65. The second kappa shape index (κ2) is 16.7. The molecule has 0 aromatic heterocycles. The Bertz CT molecular complexity index is 558. The molecule has 0 spiro atoms. The molecule has 0 heterocycles. The lowest BCUT2D eigenvalue weighted by Crippen LogP contribution is -2.42. The molecular weight excluding hydrogens is 471 g/mol. The van der Waals surface area contributed by atoms with Crippen LogP contribution in [0.3, 0.4) is 0 Å². The first kappa shape index (κ1) is 26.7. The zero-order chi connectivity index (χ0) is 19.9. The van der Waals surface area contributed by atoms with E-state index in [4.69, 9.17) is 14.2 Å². The molecule has 0 bridgehead atoms. The number of ether oxygens (including phenoxy) is 3. The molecule has 0 amide bonds. The van der Waals surface area contributed by atoms with Gasteiger partial charge in [-0.15, -0.1) is 24.0 Å². The van der Waals surface area contributed by atoms with E-state index in [2.05, 4.69) is 39.7 Å². The molecule has 0 atom stereocenters. The van der Waals surface area contributed by atoms with Gasteiger partial charge in [-0.1, -0.05) is 6.07 Å². The molecule has 0 aliphatic heterocycles. The summed E-state index contributed by atoms with van der Waals surface area (Å²) in [6.07, 6.45) is 0.876. The minimum atomic E-state index is 0. The molecule has 0 saturated carbocycles. The van der Waals surface area contributed by atoms with Gasteiger partial charge in [-0.25, -0.2) is 0 Å². The Balaban J connectivity index is 0.00000729.